The monoisotopic (exact) mass is 421 g/mol. The van der Waals surface area contributed by atoms with Crippen molar-refractivity contribution in [1.29, 1.82) is 0 Å². The van der Waals surface area contributed by atoms with Crippen molar-refractivity contribution in [1.82, 2.24) is 0 Å². The van der Waals surface area contributed by atoms with Gasteiger partial charge in [0.05, 0.1) is 13.2 Å². The predicted octanol–water partition coefficient (Wildman–Crippen LogP) is -5.91. The molecule has 0 bridgehead atoms. The molecule has 2 heterocycles. The summed E-state index contributed by atoms with van der Waals surface area (Å²) in [5, 5.41) is 67.5. The fourth-order valence-electron chi connectivity index (χ4n) is 2.87. The summed E-state index contributed by atoms with van der Waals surface area (Å²) in [5.74, 6) is -2.61. The molecule has 0 aromatic heterocycles. The van der Waals surface area contributed by atoms with Crippen LogP contribution in [0.1, 0.15) is 0 Å². The Morgan fingerprint density at radius 3 is 2.00 bits per heavy atom. The van der Waals surface area contributed by atoms with Gasteiger partial charge in [0.25, 0.3) is 0 Å². The highest BCUT2D eigenvalue weighted by atomic mass is 32.3. The highest BCUT2D eigenvalue weighted by Crippen LogP contribution is 2.38. The predicted molar refractivity (Wildman–Crippen MR) is 77.2 cm³/mol. The van der Waals surface area contributed by atoms with E-state index in [0.29, 0.717) is 0 Å². The summed E-state index contributed by atoms with van der Waals surface area (Å²) in [6.07, 6.45) is -14.6. The fourth-order valence-corrected chi connectivity index (χ4v) is 3.39. The Bertz CT molecular complexity index is 597. The molecule has 0 saturated carbocycles. The lowest BCUT2D eigenvalue weighted by atomic mass is 9.99. The van der Waals surface area contributed by atoms with Crippen LogP contribution < -0.4 is 0 Å². The number of hydrogen-bond donors (Lipinski definition) is 7. The molecule has 2 saturated heterocycles. The van der Waals surface area contributed by atoms with Crippen molar-refractivity contribution in [3.05, 3.63) is 0 Å². The summed E-state index contributed by atoms with van der Waals surface area (Å²) in [5.41, 5.74) is 0. The van der Waals surface area contributed by atoms with Crippen LogP contribution in [0.15, 0.2) is 0 Å². The van der Waals surface area contributed by atoms with Gasteiger partial charge in [-0.1, -0.05) is 0 Å². The Morgan fingerprint density at radius 2 is 1.52 bits per heavy atom. The van der Waals surface area contributed by atoms with Crippen LogP contribution in [0, 0.1) is 0 Å². The summed E-state index contributed by atoms with van der Waals surface area (Å²) in [6.45, 7) is -2.94. The van der Waals surface area contributed by atoms with E-state index in [-0.39, 0.29) is 0 Å². The summed E-state index contributed by atoms with van der Waals surface area (Å²) in [6, 6.07) is 0. The molecule has 14 nitrogen and oxygen atoms in total. The van der Waals surface area contributed by atoms with Crippen LogP contribution in [0.2, 0.25) is 0 Å². The number of ether oxygens (including phenoxy) is 3. The minimum atomic E-state index is -5.44. The second kappa shape index (κ2) is 8.46. The Hall–Kier alpha value is -0.530. The molecule has 0 aromatic carbocycles. The molecule has 0 spiro atoms. The van der Waals surface area contributed by atoms with Crippen molar-refractivity contribution in [2.45, 2.75) is 54.8 Å². The van der Waals surface area contributed by atoms with Gasteiger partial charge in [0.1, 0.15) is 43.2 Å². The second-order valence-electron chi connectivity index (χ2n) is 6.04. The first-order valence-electron chi connectivity index (χ1n) is 7.69. The standard InChI is InChI=1S/C12H22O14S/c13-1-4-6(16)8(18)9(19)11(23-4)25-12(3-15)10(26-27(20,21)22)7(17)5(2-14)24-12/h4-11,13-19H,1-3H2,(H,20,21,22)/p-1/t4-,5-,6-,7-,8+,9-,10+,11-,12+/m1/s1. The maximum absolute atomic E-state index is 11.0. The SMILES string of the molecule is O=S(=O)([O-])O[C@H]1[C@H](O)[C@@H](CO)O[C@@]1(CO)O[C@H]1O[C@H](CO)[C@@H](O)[C@H](O)[C@H]1O. The molecule has 2 aliphatic rings. The quantitative estimate of drug-likeness (QED) is 0.150. The molecule has 2 aliphatic heterocycles. The van der Waals surface area contributed by atoms with E-state index in [9.17, 15) is 43.6 Å². The zero-order chi connectivity index (χ0) is 20.6. The number of aliphatic hydroxyl groups excluding tert-OH is 7. The zero-order valence-corrected chi connectivity index (χ0v) is 14.5. The van der Waals surface area contributed by atoms with Crippen molar-refractivity contribution in [3.63, 3.8) is 0 Å². The molecule has 0 unspecified atom stereocenters. The normalized spacial score (nSPS) is 45.9. The van der Waals surface area contributed by atoms with E-state index < -0.39 is 85.0 Å². The smallest absolute Gasteiger partial charge is 0.225 e. The van der Waals surface area contributed by atoms with Crippen LogP contribution in [-0.4, -0.2) is 123 Å². The lowest BCUT2D eigenvalue weighted by Crippen LogP contribution is -2.63. The molecule has 2 rings (SSSR count). The van der Waals surface area contributed by atoms with Crippen LogP contribution in [-0.2, 0) is 28.8 Å². The van der Waals surface area contributed by atoms with E-state index >= 15 is 0 Å². The molecule has 160 valence electrons. The topological polar surface area (TPSA) is 236 Å². The van der Waals surface area contributed by atoms with Gasteiger partial charge in [-0.05, 0) is 0 Å². The van der Waals surface area contributed by atoms with E-state index in [4.69, 9.17) is 19.3 Å². The van der Waals surface area contributed by atoms with E-state index in [2.05, 4.69) is 4.18 Å². The summed E-state index contributed by atoms with van der Waals surface area (Å²) >= 11 is 0. The van der Waals surface area contributed by atoms with Gasteiger partial charge in [-0.2, -0.15) is 0 Å². The van der Waals surface area contributed by atoms with Crippen molar-refractivity contribution < 1.29 is 67.1 Å². The second-order valence-corrected chi connectivity index (χ2v) is 7.05. The third kappa shape index (κ3) is 4.56. The van der Waals surface area contributed by atoms with Gasteiger partial charge >= 0.3 is 0 Å². The van der Waals surface area contributed by atoms with Crippen molar-refractivity contribution in [3.8, 4) is 0 Å². The van der Waals surface area contributed by atoms with E-state index in [0.717, 1.165) is 0 Å². The molecule has 7 N–H and O–H groups in total. The first-order valence-corrected chi connectivity index (χ1v) is 9.03. The molecular weight excluding hydrogens is 400 g/mol. The molecular formula is C12H21O14S-. The van der Waals surface area contributed by atoms with Gasteiger partial charge in [0.2, 0.25) is 16.2 Å². The van der Waals surface area contributed by atoms with Crippen molar-refractivity contribution >= 4 is 10.4 Å². The Morgan fingerprint density at radius 1 is 0.926 bits per heavy atom. The van der Waals surface area contributed by atoms with Gasteiger partial charge in [0, 0.05) is 0 Å². The summed E-state index contributed by atoms with van der Waals surface area (Å²) < 4.78 is 52.4. The average molecular weight is 421 g/mol. The maximum atomic E-state index is 11.0. The van der Waals surface area contributed by atoms with Crippen molar-refractivity contribution in [2.24, 2.45) is 0 Å². The lowest BCUT2D eigenvalue weighted by molar-refractivity contribution is -0.382. The molecule has 0 aromatic rings. The van der Waals surface area contributed by atoms with Gasteiger partial charge in [-0.15, -0.1) is 0 Å². The Labute approximate surface area is 153 Å². The van der Waals surface area contributed by atoms with Gasteiger partial charge in [0.15, 0.2) is 12.4 Å². The highest BCUT2D eigenvalue weighted by molar-refractivity contribution is 7.80. The first kappa shape index (κ1) is 22.8. The Kier molecular flexibility index (Phi) is 7.13. The molecule has 27 heavy (non-hydrogen) atoms. The van der Waals surface area contributed by atoms with E-state index in [1.54, 1.807) is 0 Å². The van der Waals surface area contributed by atoms with Crippen molar-refractivity contribution in [2.75, 3.05) is 19.8 Å². The Balaban J connectivity index is 2.32. The molecule has 15 heteroatoms. The largest absolute Gasteiger partial charge is 0.726 e. The number of rotatable bonds is 7. The third-order valence-corrected chi connectivity index (χ3v) is 4.70. The zero-order valence-electron chi connectivity index (χ0n) is 13.6. The van der Waals surface area contributed by atoms with Gasteiger partial charge < -0.3 is 54.5 Å². The molecule has 0 amide bonds. The van der Waals surface area contributed by atoms with Gasteiger partial charge in [-0.25, -0.2) is 8.42 Å². The van der Waals surface area contributed by atoms with Gasteiger partial charge in [-0.3, -0.25) is 4.18 Å². The van der Waals surface area contributed by atoms with E-state index in [1.165, 1.54) is 0 Å². The minimum Gasteiger partial charge on any atom is -0.726 e. The van der Waals surface area contributed by atoms with Crippen LogP contribution in [0.25, 0.3) is 0 Å². The molecule has 9 atom stereocenters. The average Bonchev–Trinajstić information content (AvgIpc) is 2.86. The minimum absolute atomic E-state index is 0.811. The van der Waals surface area contributed by atoms with Crippen LogP contribution in [0.5, 0.6) is 0 Å². The molecule has 0 radical (unpaired) electrons. The third-order valence-electron chi connectivity index (χ3n) is 4.26. The summed E-state index contributed by atoms with van der Waals surface area (Å²) in [4.78, 5) is 0. The maximum Gasteiger partial charge on any atom is 0.225 e. The molecule has 0 aliphatic carbocycles. The number of hydrogen-bond acceptors (Lipinski definition) is 14. The first-order chi connectivity index (χ1) is 12.5. The van der Waals surface area contributed by atoms with E-state index in [1.807, 2.05) is 0 Å². The molecule has 2 fully saturated rings. The van der Waals surface area contributed by atoms with Crippen LogP contribution in [0.3, 0.4) is 0 Å². The van der Waals surface area contributed by atoms with Crippen LogP contribution in [0.4, 0.5) is 0 Å². The lowest BCUT2D eigenvalue weighted by Gasteiger charge is -2.43. The highest BCUT2D eigenvalue weighted by Gasteiger charge is 2.60. The fraction of sp³-hybridized carbons (Fsp3) is 1.00. The number of aliphatic hydroxyl groups is 7. The summed E-state index contributed by atoms with van der Waals surface area (Å²) in [7, 11) is -5.44. The van der Waals surface area contributed by atoms with Crippen LogP contribution >= 0.6 is 0 Å².